The van der Waals surface area contributed by atoms with Crippen molar-refractivity contribution < 1.29 is 27.2 Å². The van der Waals surface area contributed by atoms with E-state index in [1.807, 2.05) is 6.92 Å². The van der Waals surface area contributed by atoms with E-state index in [1.165, 1.54) is 0 Å². The lowest BCUT2D eigenvalue weighted by Gasteiger charge is -2.50. The number of amides is 2. The summed E-state index contributed by atoms with van der Waals surface area (Å²) in [5.41, 5.74) is -0.252. The molecule has 2 aliphatic rings. The van der Waals surface area contributed by atoms with Gasteiger partial charge in [-0.25, -0.2) is 4.79 Å². The van der Waals surface area contributed by atoms with Gasteiger partial charge in [-0.1, -0.05) is 5.16 Å². The van der Waals surface area contributed by atoms with E-state index in [1.54, 1.807) is 4.90 Å². The first-order chi connectivity index (χ1) is 10.8. The summed E-state index contributed by atoms with van der Waals surface area (Å²) in [5.74, 6) is -1.64. The zero-order chi connectivity index (χ0) is 16.7. The lowest BCUT2D eigenvalue weighted by atomic mass is 9.78. The third-order valence-electron chi connectivity index (χ3n) is 4.26. The van der Waals surface area contributed by atoms with E-state index in [0.29, 0.717) is 13.2 Å². The molecule has 1 unspecified atom stereocenters. The number of hydrogen-bond donors (Lipinski definition) is 1. The number of rotatable bonds is 2. The summed E-state index contributed by atoms with van der Waals surface area (Å²) in [5, 5.41) is 5.36. The van der Waals surface area contributed by atoms with Crippen LogP contribution < -0.4 is 5.32 Å². The third-order valence-corrected chi connectivity index (χ3v) is 4.26. The van der Waals surface area contributed by atoms with Gasteiger partial charge in [-0.3, -0.25) is 0 Å². The molecular weight excluding hydrogens is 317 g/mol. The first-order valence-corrected chi connectivity index (χ1v) is 7.37. The Morgan fingerprint density at radius 3 is 2.78 bits per heavy atom. The molecule has 1 aliphatic carbocycles. The monoisotopic (exact) mass is 334 g/mol. The van der Waals surface area contributed by atoms with Crippen LogP contribution in [0.3, 0.4) is 0 Å². The largest absolute Gasteiger partial charge is 0.455 e. The van der Waals surface area contributed by atoms with Crippen LogP contribution in [0.5, 0.6) is 0 Å². The lowest BCUT2D eigenvalue weighted by molar-refractivity contribution is -0.157. The maximum absolute atomic E-state index is 12.4. The summed E-state index contributed by atoms with van der Waals surface area (Å²) in [7, 11) is 0. The third kappa shape index (κ3) is 3.26. The zero-order valence-electron chi connectivity index (χ0n) is 12.5. The second kappa shape index (κ2) is 5.66. The highest BCUT2D eigenvalue weighted by Crippen LogP contribution is 2.39. The Hall–Kier alpha value is -1.84. The molecule has 1 N–H and O–H groups in total. The number of halogens is 3. The highest BCUT2D eigenvalue weighted by Gasteiger charge is 2.45. The van der Waals surface area contributed by atoms with Gasteiger partial charge in [0.15, 0.2) is 0 Å². The van der Waals surface area contributed by atoms with Crippen LogP contribution in [0.1, 0.15) is 37.9 Å². The highest BCUT2D eigenvalue weighted by molar-refractivity contribution is 5.74. The molecule has 1 aromatic heterocycles. The molecule has 23 heavy (non-hydrogen) atoms. The summed E-state index contributed by atoms with van der Waals surface area (Å²) in [6.07, 6.45) is -1.75. The first-order valence-electron chi connectivity index (χ1n) is 7.37. The van der Waals surface area contributed by atoms with Gasteiger partial charge in [0.1, 0.15) is 0 Å². The van der Waals surface area contributed by atoms with Crippen molar-refractivity contribution in [2.24, 2.45) is 0 Å². The number of aromatic nitrogens is 2. The molecule has 10 heteroatoms. The van der Waals surface area contributed by atoms with Gasteiger partial charge in [0.25, 0.3) is 5.82 Å². The standard InChI is InChI=1S/C13H17F3N4O3/c1-8-6-22-12(3-2-4-12)7-20(8)11(21)17-5-9-18-10(19-23-9)13(14,15)16/h8H,2-7H2,1H3,(H,17,21). The van der Waals surface area contributed by atoms with E-state index in [4.69, 9.17) is 4.74 Å². The normalized spacial score (nSPS) is 23.7. The van der Waals surface area contributed by atoms with Gasteiger partial charge in [0.05, 0.1) is 31.3 Å². The van der Waals surface area contributed by atoms with Gasteiger partial charge >= 0.3 is 12.2 Å². The number of morpholine rings is 1. The van der Waals surface area contributed by atoms with Crippen LogP contribution in [-0.2, 0) is 17.5 Å². The average molecular weight is 334 g/mol. The Labute approximate surface area is 130 Å². The van der Waals surface area contributed by atoms with Gasteiger partial charge in [-0.05, 0) is 26.2 Å². The highest BCUT2D eigenvalue weighted by atomic mass is 19.4. The quantitative estimate of drug-likeness (QED) is 0.894. The van der Waals surface area contributed by atoms with Crippen LogP contribution in [0.2, 0.25) is 0 Å². The van der Waals surface area contributed by atoms with Crippen molar-refractivity contribution in [2.75, 3.05) is 13.2 Å². The van der Waals surface area contributed by atoms with E-state index >= 15 is 0 Å². The molecule has 1 aliphatic heterocycles. The van der Waals surface area contributed by atoms with Crippen molar-refractivity contribution in [3.8, 4) is 0 Å². The molecule has 128 valence electrons. The maximum atomic E-state index is 12.4. The molecule has 1 spiro atoms. The molecule has 2 fully saturated rings. The van der Waals surface area contributed by atoms with Gasteiger partial charge in [-0.2, -0.15) is 18.2 Å². The van der Waals surface area contributed by atoms with Crippen molar-refractivity contribution in [2.45, 2.75) is 50.6 Å². The van der Waals surface area contributed by atoms with E-state index in [-0.39, 0.29) is 30.1 Å². The van der Waals surface area contributed by atoms with Gasteiger partial charge < -0.3 is 19.5 Å². The first kappa shape index (κ1) is 16.0. The van der Waals surface area contributed by atoms with Crippen LogP contribution in [0.15, 0.2) is 4.52 Å². The summed E-state index contributed by atoms with van der Waals surface area (Å²) in [6.45, 7) is 2.54. The lowest BCUT2D eigenvalue weighted by Crippen LogP contribution is -2.61. The minimum Gasteiger partial charge on any atom is -0.371 e. The van der Waals surface area contributed by atoms with Crippen molar-refractivity contribution in [3.63, 3.8) is 0 Å². The summed E-state index contributed by atoms with van der Waals surface area (Å²) >= 11 is 0. The average Bonchev–Trinajstić information content (AvgIpc) is 2.92. The number of nitrogens with one attached hydrogen (secondary N) is 1. The molecular formula is C13H17F3N4O3. The van der Waals surface area contributed by atoms with E-state index in [0.717, 1.165) is 19.3 Å². The molecule has 0 bridgehead atoms. The zero-order valence-corrected chi connectivity index (χ0v) is 12.5. The van der Waals surface area contributed by atoms with Crippen molar-refractivity contribution in [3.05, 3.63) is 11.7 Å². The topological polar surface area (TPSA) is 80.5 Å². The van der Waals surface area contributed by atoms with E-state index in [9.17, 15) is 18.0 Å². The van der Waals surface area contributed by atoms with E-state index < -0.39 is 12.0 Å². The van der Waals surface area contributed by atoms with Crippen LogP contribution in [0, 0.1) is 0 Å². The van der Waals surface area contributed by atoms with Gasteiger partial charge in [-0.15, -0.1) is 0 Å². The Balaban J connectivity index is 1.57. The predicted molar refractivity (Wildman–Crippen MR) is 70.2 cm³/mol. The Kier molecular flexibility index (Phi) is 3.95. The van der Waals surface area contributed by atoms with Crippen molar-refractivity contribution in [1.29, 1.82) is 0 Å². The molecule has 0 radical (unpaired) electrons. The predicted octanol–water partition coefficient (Wildman–Crippen LogP) is 1.94. The molecule has 1 atom stereocenters. The maximum Gasteiger partial charge on any atom is 0.455 e. The van der Waals surface area contributed by atoms with E-state index in [2.05, 4.69) is 20.0 Å². The van der Waals surface area contributed by atoms with Crippen molar-refractivity contribution in [1.82, 2.24) is 20.4 Å². The molecule has 7 nitrogen and oxygen atoms in total. The smallest absolute Gasteiger partial charge is 0.371 e. The van der Waals surface area contributed by atoms with Gasteiger partial charge in [0, 0.05) is 0 Å². The number of alkyl halides is 3. The fourth-order valence-corrected chi connectivity index (χ4v) is 2.74. The minimum absolute atomic E-state index is 0.102. The minimum atomic E-state index is -4.67. The summed E-state index contributed by atoms with van der Waals surface area (Å²) in [6, 6.07) is -0.478. The number of nitrogens with zero attached hydrogens (tertiary/aromatic N) is 3. The molecule has 0 aromatic carbocycles. The second-order valence-corrected chi connectivity index (χ2v) is 5.99. The Morgan fingerprint density at radius 2 is 2.22 bits per heavy atom. The Morgan fingerprint density at radius 1 is 1.48 bits per heavy atom. The molecule has 1 saturated carbocycles. The van der Waals surface area contributed by atoms with Crippen molar-refractivity contribution >= 4 is 6.03 Å². The van der Waals surface area contributed by atoms with Crippen LogP contribution in [0.4, 0.5) is 18.0 Å². The van der Waals surface area contributed by atoms with Crippen LogP contribution in [-0.4, -0.2) is 45.9 Å². The molecule has 2 amide bonds. The van der Waals surface area contributed by atoms with Gasteiger partial charge in [0.2, 0.25) is 5.89 Å². The number of hydrogen-bond acceptors (Lipinski definition) is 5. The molecule has 3 rings (SSSR count). The Bertz CT molecular complexity index is 585. The molecule has 1 saturated heterocycles. The van der Waals surface area contributed by atoms with Crippen LogP contribution in [0.25, 0.3) is 0 Å². The summed E-state index contributed by atoms with van der Waals surface area (Å²) < 4.78 is 47.4. The fraction of sp³-hybridized carbons (Fsp3) is 0.769. The SMILES string of the molecule is CC1COC2(CCC2)CN1C(=O)NCc1nc(C(F)(F)F)no1. The number of carbonyl (C=O) groups is 1. The molecule has 1 aromatic rings. The number of ether oxygens (including phenoxy) is 1. The van der Waals surface area contributed by atoms with Crippen LogP contribution >= 0.6 is 0 Å². The second-order valence-electron chi connectivity index (χ2n) is 5.99. The number of urea groups is 1. The fourth-order valence-electron chi connectivity index (χ4n) is 2.74. The number of carbonyl (C=O) groups excluding carboxylic acids is 1. The summed E-state index contributed by atoms with van der Waals surface area (Å²) in [4.78, 5) is 17.1. The molecule has 2 heterocycles.